The highest BCUT2D eigenvalue weighted by atomic mass is 16.8. The van der Waals surface area contributed by atoms with Crippen LogP contribution >= 0.6 is 0 Å². The van der Waals surface area contributed by atoms with Crippen LogP contribution in [0.2, 0.25) is 0 Å². The van der Waals surface area contributed by atoms with Gasteiger partial charge in [0, 0.05) is 0 Å². The van der Waals surface area contributed by atoms with E-state index in [2.05, 4.69) is 0 Å². The lowest BCUT2D eigenvalue weighted by atomic mass is 10.4. The fraction of sp³-hybridized carbons (Fsp3) is 0.875. The maximum atomic E-state index is 8.24. The van der Waals surface area contributed by atoms with Crippen LogP contribution in [0.15, 0.2) is 0 Å². The van der Waals surface area contributed by atoms with Gasteiger partial charge in [-0.25, -0.2) is 0 Å². The van der Waals surface area contributed by atoms with Gasteiger partial charge in [0.1, 0.15) is 19.7 Å². The third-order valence-corrected chi connectivity index (χ3v) is 1.52. The second-order valence-corrected chi connectivity index (χ2v) is 2.58. The Morgan fingerprint density at radius 2 is 2.31 bits per heavy atom. The first kappa shape index (κ1) is 10.4. The van der Waals surface area contributed by atoms with Crippen molar-refractivity contribution in [2.75, 3.05) is 33.4 Å². The van der Waals surface area contributed by atoms with Gasteiger partial charge in [-0.15, -0.1) is 0 Å². The molecule has 5 heteroatoms. The fourth-order valence-corrected chi connectivity index (χ4v) is 0.894. The molecule has 74 valence electrons. The van der Waals surface area contributed by atoms with Crippen LogP contribution in [0.1, 0.15) is 6.42 Å². The second-order valence-electron chi connectivity index (χ2n) is 2.58. The van der Waals surface area contributed by atoms with E-state index in [1.807, 2.05) is 6.07 Å². The van der Waals surface area contributed by atoms with E-state index in [0.717, 1.165) is 0 Å². The summed E-state index contributed by atoms with van der Waals surface area (Å²) in [5.41, 5.74) is 0. The summed E-state index contributed by atoms with van der Waals surface area (Å²) < 4.78 is 20.4. The van der Waals surface area contributed by atoms with Crippen LogP contribution in [0.3, 0.4) is 0 Å². The Balaban J connectivity index is 2.02. The molecule has 0 amide bonds. The Morgan fingerprint density at radius 3 is 3.15 bits per heavy atom. The average molecular weight is 187 g/mol. The van der Waals surface area contributed by atoms with Crippen molar-refractivity contribution in [3.8, 4) is 6.07 Å². The molecule has 1 fully saturated rings. The van der Waals surface area contributed by atoms with Crippen LogP contribution in [-0.2, 0) is 18.9 Å². The lowest BCUT2D eigenvalue weighted by Gasteiger charge is -2.12. The molecule has 1 unspecified atom stereocenters. The van der Waals surface area contributed by atoms with Crippen molar-refractivity contribution in [2.45, 2.75) is 12.5 Å². The molecule has 1 aliphatic rings. The van der Waals surface area contributed by atoms with Crippen molar-refractivity contribution in [3.63, 3.8) is 0 Å². The van der Waals surface area contributed by atoms with Gasteiger partial charge >= 0.3 is 0 Å². The van der Waals surface area contributed by atoms with E-state index in [-0.39, 0.29) is 19.7 Å². The Bertz CT molecular complexity index is 160. The van der Waals surface area contributed by atoms with E-state index in [9.17, 15) is 0 Å². The minimum Gasteiger partial charge on any atom is -0.378 e. The van der Waals surface area contributed by atoms with Crippen LogP contribution in [0, 0.1) is 11.3 Å². The summed E-state index contributed by atoms with van der Waals surface area (Å²) in [4.78, 5) is 0. The third kappa shape index (κ3) is 4.80. The SMILES string of the molecule is N#CCCOCC1COCOCO1. The molecule has 0 spiro atoms. The standard InChI is InChI=1S/C8H13NO4/c9-2-1-3-10-4-8-5-11-6-12-7-13-8/h8H,1,3-7H2. The van der Waals surface area contributed by atoms with Crippen LogP contribution in [0.4, 0.5) is 0 Å². The minimum atomic E-state index is -0.0822. The van der Waals surface area contributed by atoms with Crippen molar-refractivity contribution >= 4 is 0 Å². The minimum absolute atomic E-state index is 0.0822. The van der Waals surface area contributed by atoms with E-state index < -0.39 is 0 Å². The summed E-state index contributed by atoms with van der Waals surface area (Å²) in [6.07, 6.45) is 0.325. The zero-order valence-electron chi connectivity index (χ0n) is 7.40. The van der Waals surface area contributed by atoms with Gasteiger partial charge in [-0.3, -0.25) is 0 Å². The molecule has 1 aliphatic heterocycles. The molecule has 0 saturated carbocycles. The molecule has 0 aromatic carbocycles. The van der Waals surface area contributed by atoms with E-state index in [4.69, 9.17) is 24.2 Å². The third-order valence-electron chi connectivity index (χ3n) is 1.52. The predicted octanol–water partition coefficient (Wildman–Crippen LogP) is 0.264. The molecule has 0 aromatic heterocycles. The molecule has 1 saturated heterocycles. The molecule has 0 aromatic rings. The van der Waals surface area contributed by atoms with E-state index in [1.54, 1.807) is 0 Å². The normalized spacial score (nSPS) is 23.5. The van der Waals surface area contributed by atoms with Gasteiger partial charge < -0.3 is 18.9 Å². The maximum Gasteiger partial charge on any atom is 0.150 e. The molecule has 0 aliphatic carbocycles. The second kappa shape index (κ2) is 6.80. The molecule has 0 radical (unpaired) electrons. The Hall–Kier alpha value is -0.670. The molecule has 1 rings (SSSR count). The van der Waals surface area contributed by atoms with Gasteiger partial charge in [0.05, 0.1) is 32.3 Å². The highest BCUT2D eigenvalue weighted by Gasteiger charge is 2.12. The summed E-state index contributed by atoms with van der Waals surface area (Å²) >= 11 is 0. The Labute approximate surface area is 77.1 Å². The molecular formula is C8H13NO4. The van der Waals surface area contributed by atoms with Crippen molar-refractivity contribution in [1.82, 2.24) is 0 Å². The Morgan fingerprint density at radius 1 is 1.38 bits per heavy atom. The summed E-state index contributed by atoms with van der Waals surface area (Å²) in [6, 6.07) is 2.00. The van der Waals surface area contributed by atoms with Crippen molar-refractivity contribution < 1.29 is 18.9 Å². The van der Waals surface area contributed by atoms with E-state index in [0.29, 0.717) is 26.2 Å². The van der Waals surface area contributed by atoms with Crippen LogP contribution in [-0.4, -0.2) is 39.5 Å². The van der Waals surface area contributed by atoms with Gasteiger partial charge in [0.15, 0.2) is 0 Å². The smallest absolute Gasteiger partial charge is 0.150 e. The summed E-state index contributed by atoms with van der Waals surface area (Å²) in [7, 11) is 0. The monoisotopic (exact) mass is 187 g/mol. The summed E-state index contributed by atoms with van der Waals surface area (Å²) in [5, 5.41) is 8.24. The van der Waals surface area contributed by atoms with Crippen molar-refractivity contribution in [1.29, 1.82) is 5.26 Å². The highest BCUT2D eigenvalue weighted by Crippen LogP contribution is 2.00. The zero-order chi connectivity index (χ0) is 9.36. The fourth-order valence-electron chi connectivity index (χ4n) is 0.894. The van der Waals surface area contributed by atoms with Gasteiger partial charge in [-0.05, 0) is 0 Å². The number of hydrogen-bond donors (Lipinski definition) is 0. The highest BCUT2D eigenvalue weighted by molar-refractivity contribution is 4.67. The van der Waals surface area contributed by atoms with Crippen LogP contribution in [0.25, 0.3) is 0 Å². The topological polar surface area (TPSA) is 60.7 Å². The summed E-state index contributed by atoms with van der Waals surface area (Å²) in [6.45, 7) is 1.88. The largest absolute Gasteiger partial charge is 0.378 e. The van der Waals surface area contributed by atoms with Crippen LogP contribution in [0.5, 0.6) is 0 Å². The van der Waals surface area contributed by atoms with Gasteiger partial charge in [-0.1, -0.05) is 0 Å². The molecule has 13 heavy (non-hydrogen) atoms. The van der Waals surface area contributed by atoms with Crippen molar-refractivity contribution in [3.05, 3.63) is 0 Å². The summed E-state index contributed by atoms with van der Waals surface area (Å²) in [5.74, 6) is 0. The maximum absolute atomic E-state index is 8.24. The zero-order valence-corrected chi connectivity index (χ0v) is 7.40. The number of ether oxygens (including phenoxy) is 4. The van der Waals surface area contributed by atoms with Gasteiger partial charge in [0.2, 0.25) is 0 Å². The molecule has 5 nitrogen and oxygen atoms in total. The van der Waals surface area contributed by atoms with Gasteiger partial charge in [0.25, 0.3) is 0 Å². The average Bonchev–Trinajstić information content (AvgIpc) is 2.41. The lowest BCUT2D eigenvalue weighted by Crippen LogP contribution is -2.24. The molecule has 0 bridgehead atoms. The number of rotatable bonds is 4. The number of nitriles is 1. The quantitative estimate of drug-likeness (QED) is 0.591. The van der Waals surface area contributed by atoms with Crippen LogP contribution < -0.4 is 0 Å². The number of hydrogen-bond acceptors (Lipinski definition) is 5. The van der Waals surface area contributed by atoms with E-state index in [1.165, 1.54) is 0 Å². The predicted molar refractivity (Wildman–Crippen MR) is 42.7 cm³/mol. The van der Waals surface area contributed by atoms with Crippen molar-refractivity contribution in [2.24, 2.45) is 0 Å². The lowest BCUT2D eigenvalue weighted by molar-refractivity contribution is -0.0955. The molecular weight excluding hydrogens is 174 g/mol. The Kier molecular flexibility index (Phi) is 5.45. The van der Waals surface area contributed by atoms with E-state index >= 15 is 0 Å². The first-order chi connectivity index (χ1) is 6.43. The first-order valence-corrected chi connectivity index (χ1v) is 4.15. The molecule has 1 heterocycles. The van der Waals surface area contributed by atoms with Gasteiger partial charge in [-0.2, -0.15) is 5.26 Å². The number of nitrogens with zero attached hydrogens (tertiary/aromatic N) is 1. The first-order valence-electron chi connectivity index (χ1n) is 4.15. The molecule has 1 atom stereocenters. The molecule has 0 N–H and O–H groups in total.